The molecule has 1 aliphatic rings. The fourth-order valence-corrected chi connectivity index (χ4v) is 2.31. The first-order chi connectivity index (χ1) is 11.7. The van der Waals surface area contributed by atoms with Gasteiger partial charge < -0.3 is 14.6 Å². The van der Waals surface area contributed by atoms with E-state index in [2.05, 4.69) is 0 Å². The van der Waals surface area contributed by atoms with Gasteiger partial charge in [0, 0.05) is 19.1 Å². The van der Waals surface area contributed by atoms with Crippen LogP contribution in [0.4, 0.5) is 0 Å². The van der Waals surface area contributed by atoms with Crippen molar-refractivity contribution >= 4 is 12.0 Å². The van der Waals surface area contributed by atoms with Crippen LogP contribution < -0.4 is 0 Å². The monoisotopic (exact) mass is 326 g/mol. The van der Waals surface area contributed by atoms with E-state index in [1.807, 2.05) is 60.7 Å². The first-order valence-corrected chi connectivity index (χ1v) is 7.83. The highest BCUT2D eigenvalue weighted by Gasteiger charge is 2.27. The van der Waals surface area contributed by atoms with E-state index in [0.29, 0.717) is 18.6 Å². The number of esters is 1. The Morgan fingerprint density at radius 3 is 2.29 bits per heavy atom. The van der Waals surface area contributed by atoms with Crippen LogP contribution in [0, 0.1) is 0 Å². The highest BCUT2D eigenvalue weighted by atomic mass is 16.6. The third-order valence-corrected chi connectivity index (χ3v) is 3.48. The van der Waals surface area contributed by atoms with E-state index < -0.39 is 0 Å². The Kier molecular flexibility index (Phi) is 7.21. The summed E-state index contributed by atoms with van der Waals surface area (Å²) in [4.78, 5) is 11.3. The molecule has 0 spiro atoms. The summed E-state index contributed by atoms with van der Waals surface area (Å²) in [6.07, 6.45) is 1.93. The molecule has 2 aromatic rings. The zero-order valence-corrected chi connectivity index (χ0v) is 13.7. The van der Waals surface area contributed by atoms with Crippen LogP contribution in [0.1, 0.15) is 17.5 Å². The van der Waals surface area contributed by atoms with Gasteiger partial charge in [0.2, 0.25) is 0 Å². The van der Waals surface area contributed by atoms with E-state index >= 15 is 0 Å². The van der Waals surface area contributed by atoms with Crippen LogP contribution in [0.25, 0.3) is 6.08 Å². The minimum atomic E-state index is -0.368. The normalized spacial score (nSPS) is 18.0. The summed E-state index contributed by atoms with van der Waals surface area (Å²) < 4.78 is 9.87. The lowest BCUT2D eigenvalue weighted by molar-refractivity contribution is -0.140. The first-order valence-electron chi connectivity index (χ1n) is 7.83. The van der Waals surface area contributed by atoms with Gasteiger partial charge >= 0.3 is 5.97 Å². The molecule has 2 aromatic carbocycles. The third kappa shape index (κ3) is 5.65. The molecule has 0 amide bonds. The second-order valence-corrected chi connectivity index (χ2v) is 5.41. The summed E-state index contributed by atoms with van der Waals surface area (Å²) in [6, 6.07) is 19.7. The molecule has 1 unspecified atom stereocenters. The standard InChI is InChI=1S/C12H12O3.C8H10O/c13-8-11-7-10(12(14)15-11)6-9-4-2-1-3-5-9;1-9-7-8-5-3-2-4-6-8/h1-6,11,13H,7-8H2;2-6H,7H2,1H3/b10-6+;. The predicted molar refractivity (Wildman–Crippen MR) is 93.2 cm³/mol. The molecule has 0 aliphatic carbocycles. The van der Waals surface area contributed by atoms with E-state index in [1.54, 1.807) is 13.2 Å². The molecule has 24 heavy (non-hydrogen) atoms. The van der Waals surface area contributed by atoms with Gasteiger partial charge in [0.1, 0.15) is 6.10 Å². The van der Waals surface area contributed by atoms with Crippen LogP contribution in [-0.2, 0) is 20.9 Å². The number of aliphatic hydroxyl groups is 1. The molecule has 1 heterocycles. The smallest absolute Gasteiger partial charge is 0.334 e. The summed E-state index contributed by atoms with van der Waals surface area (Å²) in [7, 11) is 1.70. The molecule has 126 valence electrons. The number of hydrogen-bond donors (Lipinski definition) is 1. The second kappa shape index (κ2) is 9.65. The molecule has 0 bridgehead atoms. The van der Waals surface area contributed by atoms with Gasteiger partial charge in [-0.15, -0.1) is 0 Å². The fraction of sp³-hybridized carbons (Fsp3) is 0.250. The van der Waals surface area contributed by atoms with Gasteiger partial charge in [-0.25, -0.2) is 4.79 Å². The van der Waals surface area contributed by atoms with Gasteiger partial charge in [-0.1, -0.05) is 60.7 Å². The Morgan fingerprint density at radius 2 is 1.75 bits per heavy atom. The predicted octanol–water partition coefficient (Wildman–Crippen LogP) is 3.21. The molecule has 0 radical (unpaired) electrons. The van der Waals surface area contributed by atoms with Crippen molar-refractivity contribution in [1.82, 2.24) is 0 Å². The van der Waals surface area contributed by atoms with Crippen molar-refractivity contribution in [1.29, 1.82) is 0 Å². The molecule has 1 saturated heterocycles. The number of cyclic esters (lactones) is 1. The topological polar surface area (TPSA) is 55.8 Å². The molecule has 0 aromatic heterocycles. The largest absolute Gasteiger partial charge is 0.456 e. The number of benzene rings is 2. The number of hydrogen-bond acceptors (Lipinski definition) is 4. The van der Waals surface area contributed by atoms with Crippen LogP contribution in [-0.4, -0.2) is 30.9 Å². The average Bonchev–Trinajstić information content (AvgIpc) is 2.98. The minimum absolute atomic E-state index is 0.113. The molecule has 4 heteroatoms. The molecule has 1 fully saturated rings. The van der Waals surface area contributed by atoms with Crippen LogP contribution in [0.5, 0.6) is 0 Å². The van der Waals surface area contributed by atoms with E-state index in [1.165, 1.54) is 5.56 Å². The Balaban J connectivity index is 0.000000198. The average molecular weight is 326 g/mol. The van der Waals surface area contributed by atoms with Crippen LogP contribution in [0.2, 0.25) is 0 Å². The third-order valence-electron chi connectivity index (χ3n) is 3.48. The molecular formula is C20H22O4. The summed E-state index contributed by atoms with van der Waals surface area (Å²) >= 11 is 0. The molecule has 1 aliphatic heterocycles. The lowest BCUT2D eigenvalue weighted by Gasteiger charge is -2.00. The summed E-state index contributed by atoms with van der Waals surface area (Å²) in [5, 5.41) is 8.86. The number of carbonyl (C=O) groups is 1. The Bertz CT molecular complexity index is 650. The van der Waals surface area contributed by atoms with Crippen molar-refractivity contribution in [3.05, 3.63) is 77.4 Å². The number of ether oxygens (including phenoxy) is 2. The number of rotatable bonds is 4. The lowest BCUT2D eigenvalue weighted by Crippen LogP contribution is -2.10. The molecule has 1 atom stereocenters. The van der Waals surface area contributed by atoms with Crippen molar-refractivity contribution in [2.75, 3.05) is 13.7 Å². The Labute approximate surface area is 142 Å². The van der Waals surface area contributed by atoms with Crippen molar-refractivity contribution < 1.29 is 19.4 Å². The van der Waals surface area contributed by atoms with E-state index in [9.17, 15) is 4.79 Å². The quantitative estimate of drug-likeness (QED) is 0.692. The van der Waals surface area contributed by atoms with Gasteiger partial charge in [-0.2, -0.15) is 0 Å². The zero-order valence-electron chi connectivity index (χ0n) is 13.7. The van der Waals surface area contributed by atoms with Crippen molar-refractivity contribution in [3.8, 4) is 0 Å². The van der Waals surface area contributed by atoms with Gasteiger partial charge in [0.05, 0.1) is 13.2 Å². The SMILES string of the molecule is COCc1ccccc1.O=C1OC(CO)C/C1=C\c1ccccc1. The van der Waals surface area contributed by atoms with E-state index in [-0.39, 0.29) is 18.7 Å². The van der Waals surface area contributed by atoms with Crippen molar-refractivity contribution in [3.63, 3.8) is 0 Å². The van der Waals surface area contributed by atoms with E-state index in [0.717, 1.165) is 5.56 Å². The highest BCUT2D eigenvalue weighted by Crippen LogP contribution is 2.22. The maximum atomic E-state index is 11.3. The number of methoxy groups -OCH3 is 1. The fourth-order valence-electron chi connectivity index (χ4n) is 2.31. The van der Waals surface area contributed by atoms with Gasteiger partial charge in [-0.05, 0) is 17.2 Å². The van der Waals surface area contributed by atoms with Crippen LogP contribution in [0.3, 0.4) is 0 Å². The summed E-state index contributed by atoms with van der Waals surface area (Å²) in [5.74, 6) is -0.321. The Morgan fingerprint density at radius 1 is 1.12 bits per heavy atom. The second-order valence-electron chi connectivity index (χ2n) is 5.41. The highest BCUT2D eigenvalue weighted by molar-refractivity contribution is 5.95. The van der Waals surface area contributed by atoms with Gasteiger partial charge in [0.25, 0.3) is 0 Å². The summed E-state index contributed by atoms with van der Waals surface area (Å²) in [5.41, 5.74) is 2.82. The minimum Gasteiger partial charge on any atom is -0.456 e. The van der Waals surface area contributed by atoms with Crippen LogP contribution >= 0.6 is 0 Å². The Hall–Kier alpha value is -2.43. The lowest BCUT2D eigenvalue weighted by atomic mass is 10.1. The zero-order chi connectivity index (χ0) is 17.2. The number of aliphatic hydroxyl groups excluding tert-OH is 1. The summed E-state index contributed by atoms with van der Waals surface area (Å²) in [6.45, 7) is 0.596. The van der Waals surface area contributed by atoms with E-state index in [4.69, 9.17) is 14.6 Å². The molecule has 3 rings (SSSR count). The van der Waals surface area contributed by atoms with Gasteiger partial charge in [-0.3, -0.25) is 0 Å². The van der Waals surface area contributed by atoms with Crippen LogP contribution in [0.15, 0.2) is 66.2 Å². The molecule has 4 nitrogen and oxygen atoms in total. The first kappa shape index (κ1) is 17.9. The molecular weight excluding hydrogens is 304 g/mol. The van der Waals surface area contributed by atoms with Gasteiger partial charge in [0.15, 0.2) is 0 Å². The maximum absolute atomic E-state index is 11.3. The van der Waals surface area contributed by atoms with Crippen molar-refractivity contribution in [2.45, 2.75) is 19.1 Å². The molecule has 1 N–H and O–H groups in total. The molecule has 0 saturated carbocycles. The van der Waals surface area contributed by atoms with Crippen molar-refractivity contribution in [2.24, 2.45) is 0 Å². The maximum Gasteiger partial charge on any atom is 0.334 e. The number of carbonyl (C=O) groups excluding carboxylic acids is 1.